The molecule has 1 saturated heterocycles. The van der Waals surface area contributed by atoms with Crippen molar-refractivity contribution in [3.05, 3.63) is 95.6 Å². The fraction of sp³-hybridized carbons (Fsp3) is 0.217. The van der Waals surface area contributed by atoms with Crippen molar-refractivity contribution in [1.29, 1.82) is 0 Å². The number of rotatable bonds is 4. The predicted octanol–water partition coefficient (Wildman–Crippen LogP) is 5.62. The van der Waals surface area contributed by atoms with E-state index in [9.17, 15) is 8.78 Å². The van der Waals surface area contributed by atoms with Crippen molar-refractivity contribution in [1.82, 2.24) is 4.90 Å². The van der Waals surface area contributed by atoms with Gasteiger partial charge < -0.3 is 0 Å². The molecule has 1 aliphatic rings. The third kappa shape index (κ3) is 3.54. The maximum Gasteiger partial charge on any atom is 0.133 e. The molecule has 0 aliphatic carbocycles. The summed E-state index contributed by atoms with van der Waals surface area (Å²) >= 11 is 0. The molecule has 1 fully saturated rings. The highest BCUT2D eigenvalue weighted by atomic mass is 19.1. The summed E-state index contributed by atoms with van der Waals surface area (Å²) in [5.41, 5.74) is 3.21. The minimum Gasteiger partial charge on any atom is -0.298 e. The number of benzene rings is 3. The van der Waals surface area contributed by atoms with Gasteiger partial charge in [-0.15, -0.1) is 0 Å². The second-order valence-electron chi connectivity index (χ2n) is 6.92. The molecule has 0 aromatic heterocycles. The second kappa shape index (κ2) is 7.38. The quantitative estimate of drug-likeness (QED) is 0.591. The smallest absolute Gasteiger partial charge is 0.133 e. The molecule has 4 rings (SSSR count). The average molecular weight is 349 g/mol. The van der Waals surface area contributed by atoms with Crippen LogP contribution in [-0.2, 0) is 6.54 Å². The molecule has 0 saturated carbocycles. The van der Waals surface area contributed by atoms with Crippen molar-refractivity contribution < 1.29 is 8.78 Å². The lowest BCUT2D eigenvalue weighted by Crippen LogP contribution is -2.19. The van der Waals surface area contributed by atoms with Crippen LogP contribution in [0.15, 0.2) is 72.8 Å². The van der Waals surface area contributed by atoms with Gasteiger partial charge in [-0.05, 0) is 47.7 Å². The van der Waals surface area contributed by atoms with E-state index < -0.39 is 11.6 Å². The minimum atomic E-state index is -0.521. The van der Waals surface area contributed by atoms with Gasteiger partial charge in [0.25, 0.3) is 0 Å². The lowest BCUT2D eigenvalue weighted by atomic mass is 9.95. The van der Waals surface area contributed by atoms with Crippen LogP contribution < -0.4 is 0 Å². The van der Waals surface area contributed by atoms with E-state index in [-0.39, 0.29) is 5.56 Å². The lowest BCUT2D eigenvalue weighted by molar-refractivity contribution is 0.327. The van der Waals surface area contributed by atoms with Crippen LogP contribution in [0.1, 0.15) is 23.5 Å². The molecular formula is C23H21F2N. The van der Waals surface area contributed by atoms with E-state index in [4.69, 9.17) is 0 Å². The number of nitrogens with zero attached hydrogens (tertiary/aromatic N) is 1. The van der Waals surface area contributed by atoms with Crippen molar-refractivity contribution in [3.8, 4) is 11.1 Å². The summed E-state index contributed by atoms with van der Waals surface area (Å²) in [7, 11) is 0. The predicted molar refractivity (Wildman–Crippen MR) is 101 cm³/mol. The Hall–Kier alpha value is -2.52. The largest absolute Gasteiger partial charge is 0.298 e. The SMILES string of the molecule is Fc1cccc(F)c1-c1ccc(C2CCN(Cc3ccccc3)C2)cc1. The summed E-state index contributed by atoms with van der Waals surface area (Å²) in [6.45, 7) is 3.06. The molecule has 0 spiro atoms. The van der Waals surface area contributed by atoms with E-state index in [1.54, 1.807) is 0 Å². The zero-order valence-electron chi connectivity index (χ0n) is 14.5. The first-order chi connectivity index (χ1) is 12.7. The van der Waals surface area contributed by atoms with E-state index >= 15 is 0 Å². The van der Waals surface area contributed by atoms with Crippen molar-refractivity contribution in [2.45, 2.75) is 18.9 Å². The van der Waals surface area contributed by atoms with Gasteiger partial charge in [0.05, 0.1) is 5.56 Å². The Morgan fingerprint density at radius 1 is 0.808 bits per heavy atom. The van der Waals surface area contributed by atoms with Crippen LogP contribution in [0.4, 0.5) is 8.78 Å². The third-order valence-electron chi connectivity index (χ3n) is 5.15. The Kier molecular flexibility index (Phi) is 4.81. The normalized spacial score (nSPS) is 17.5. The van der Waals surface area contributed by atoms with Crippen LogP contribution in [0.25, 0.3) is 11.1 Å². The van der Waals surface area contributed by atoms with E-state index in [0.29, 0.717) is 11.5 Å². The van der Waals surface area contributed by atoms with Crippen molar-refractivity contribution in [3.63, 3.8) is 0 Å². The molecule has 0 bridgehead atoms. The van der Waals surface area contributed by atoms with Gasteiger partial charge in [0.1, 0.15) is 11.6 Å². The Labute approximate surface area is 152 Å². The van der Waals surface area contributed by atoms with E-state index in [2.05, 4.69) is 29.2 Å². The summed E-state index contributed by atoms with van der Waals surface area (Å²) in [4.78, 5) is 2.46. The van der Waals surface area contributed by atoms with Crippen LogP contribution in [0.5, 0.6) is 0 Å². The zero-order chi connectivity index (χ0) is 17.9. The molecule has 1 heterocycles. The van der Waals surface area contributed by atoms with Crippen molar-refractivity contribution in [2.24, 2.45) is 0 Å². The second-order valence-corrected chi connectivity index (χ2v) is 6.92. The monoisotopic (exact) mass is 349 g/mol. The summed E-state index contributed by atoms with van der Waals surface area (Å²) in [6, 6.07) is 22.2. The summed E-state index contributed by atoms with van der Waals surface area (Å²) < 4.78 is 27.9. The standard InChI is InChI=1S/C23H21F2N/c24-21-7-4-8-22(25)23(21)19-11-9-18(10-12-19)20-13-14-26(16-20)15-17-5-2-1-3-6-17/h1-12,20H,13-16H2. The molecule has 1 unspecified atom stereocenters. The van der Waals surface area contributed by atoms with Crippen LogP contribution in [0, 0.1) is 11.6 Å². The van der Waals surface area contributed by atoms with Crippen LogP contribution in [0.3, 0.4) is 0 Å². The van der Waals surface area contributed by atoms with Crippen LogP contribution in [-0.4, -0.2) is 18.0 Å². The summed E-state index contributed by atoms with van der Waals surface area (Å²) in [5.74, 6) is -0.571. The molecule has 1 aliphatic heterocycles. The van der Waals surface area contributed by atoms with Crippen molar-refractivity contribution >= 4 is 0 Å². The van der Waals surface area contributed by atoms with Crippen molar-refractivity contribution in [2.75, 3.05) is 13.1 Å². The van der Waals surface area contributed by atoms with Crippen LogP contribution >= 0.6 is 0 Å². The fourth-order valence-corrected chi connectivity index (χ4v) is 3.79. The molecule has 0 amide bonds. The van der Waals surface area contributed by atoms with Gasteiger partial charge in [-0.2, -0.15) is 0 Å². The molecule has 0 radical (unpaired) electrons. The van der Waals surface area contributed by atoms with Gasteiger partial charge in [0, 0.05) is 13.1 Å². The van der Waals surface area contributed by atoms with E-state index in [0.717, 1.165) is 26.1 Å². The highest BCUT2D eigenvalue weighted by Crippen LogP contribution is 2.31. The molecule has 3 aromatic carbocycles. The first kappa shape index (κ1) is 16.9. The zero-order valence-corrected chi connectivity index (χ0v) is 14.5. The average Bonchev–Trinajstić information content (AvgIpc) is 3.11. The molecule has 3 aromatic rings. The number of halogens is 2. The van der Waals surface area contributed by atoms with Gasteiger partial charge in [0.15, 0.2) is 0 Å². The Morgan fingerprint density at radius 2 is 1.50 bits per heavy atom. The van der Waals surface area contributed by atoms with Crippen LogP contribution in [0.2, 0.25) is 0 Å². The number of hydrogen-bond acceptors (Lipinski definition) is 1. The summed E-state index contributed by atoms with van der Waals surface area (Å²) in [6.07, 6.45) is 1.11. The molecular weight excluding hydrogens is 328 g/mol. The third-order valence-corrected chi connectivity index (χ3v) is 5.15. The molecule has 132 valence electrons. The maximum absolute atomic E-state index is 13.9. The highest BCUT2D eigenvalue weighted by Gasteiger charge is 2.24. The molecule has 0 N–H and O–H groups in total. The Bertz CT molecular complexity index is 854. The van der Waals surface area contributed by atoms with Gasteiger partial charge in [-0.25, -0.2) is 8.78 Å². The minimum absolute atomic E-state index is 0.0520. The first-order valence-electron chi connectivity index (χ1n) is 9.01. The number of likely N-dealkylation sites (tertiary alicyclic amines) is 1. The van der Waals surface area contributed by atoms with E-state index in [1.165, 1.54) is 29.3 Å². The fourth-order valence-electron chi connectivity index (χ4n) is 3.79. The van der Waals surface area contributed by atoms with Gasteiger partial charge in [-0.1, -0.05) is 60.7 Å². The van der Waals surface area contributed by atoms with Gasteiger partial charge in [0.2, 0.25) is 0 Å². The van der Waals surface area contributed by atoms with Gasteiger partial charge >= 0.3 is 0 Å². The lowest BCUT2D eigenvalue weighted by Gasteiger charge is -2.16. The topological polar surface area (TPSA) is 3.24 Å². The Morgan fingerprint density at radius 3 is 2.19 bits per heavy atom. The molecule has 1 atom stereocenters. The Balaban J connectivity index is 1.46. The summed E-state index contributed by atoms with van der Waals surface area (Å²) in [5, 5.41) is 0. The maximum atomic E-state index is 13.9. The van der Waals surface area contributed by atoms with Gasteiger partial charge in [-0.3, -0.25) is 4.90 Å². The number of hydrogen-bond donors (Lipinski definition) is 0. The van der Waals surface area contributed by atoms with E-state index in [1.807, 2.05) is 30.3 Å². The molecule has 26 heavy (non-hydrogen) atoms. The molecule has 3 heteroatoms. The highest BCUT2D eigenvalue weighted by molar-refractivity contribution is 5.65. The first-order valence-corrected chi connectivity index (χ1v) is 9.01. The molecule has 1 nitrogen and oxygen atoms in total.